The Morgan fingerprint density at radius 3 is 2.13 bits per heavy atom. The Morgan fingerprint density at radius 2 is 1.58 bits per heavy atom. The van der Waals surface area contributed by atoms with Gasteiger partial charge in [0.2, 0.25) is 5.95 Å². The Balaban J connectivity index is 1.48. The summed E-state index contributed by atoms with van der Waals surface area (Å²) in [5, 5.41) is 9.38. The molecule has 0 aliphatic carbocycles. The monoisotopic (exact) mass is 842 g/mol. The molecule has 5 atom stereocenters. The van der Waals surface area contributed by atoms with Crippen molar-refractivity contribution < 1.29 is 32.4 Å². The van der Waals surface area contributed by atoms with E-state index in [1.54, 1.807) is 33.2 Å². The van der Waals surface area contributed by atoms with Crippen LogP contribution >= 0.6 is 8.53 Å². The molecule has 0 amide bonds. The fourth-order valence-corrected chi connectivity index (χ4v) is 8.96. The van der Waals surface area contributed by atoms with E-state index in [2.05, 4.69) is 26.0 Å². The number of nitrogens with zero attached hydrogens (tertiary/aromatic N) is 7. The van der Waals surface area contributed by atoms with E-state index in [4.69, 9.17) is 28.0 Å². The van der Waals surface area contributed by atoms with Gasteiger partial charge in [-0.15, -0.1) is 0 Å². The second kappa shape index (κ2) is 19.9. The molecule has 17 heteroatoms. The first-order valence-corrected chi connectivity index (χ1v) is 20.7. The van der Waals surface area contributed by atoms with Gasteiger partial charge in [0, 0.05) is 26.2 Å². The molecule has 0 bridgehead atoms. The lowest BCUT2D eigenvalue weighted by Gasteiger charge is -2.39. The number of benzene rings is 3. The zero-order valence-electron chi connectivity index (χ0n) is 35.1. The van der Waals surface area contributed by atoms with Crippen LogP contribution in [0, 0.1) is 11.3 Å². The highest BCUT2D eigenvalue weighted by molar-refractivity contribution is 7.44. The molecule has 0 saturated carbocycles. The molecule has 1 saturated heterocycles. The maximum absolute atomic E-state index is 17.6. The van der Waals surface area contributed by atoms with Crippen molar-refractivity contribution in [3.8, 4) is 17.6 Å². The molecular weight excluding hydrogens is 790 g/mol. The van der Waals surface area contributed by atoms with Crippen molar-refractivity contribution in [1.82, 2.24) is 29.1 Å². The number of H-pyrrole nitrogens is 1. The highest BCUT2D eigenvalue weighted by Crippen LogP contribution is 2.51. The van der Waals surface area contributed by atoms with Crippen molar-refractivity contribution >= 4 is 32.0 Å². The number of imidazole rings is 1. The topological polar surface area (TPSA) is 162 Å². The van der Waals surface area contributed by atoms with Crippen LogP contribution in [-0.4, -0.2) is 107 Å². The number of nitrogens with one attached hydrogen (secondary N) is 1. The molecule has 1 aliphatic heterocycles. The van der Waals surface area contributed by atoms with E-state index in [1.807, 2.05) is 111 Å². The van der Waals surface area contributed by atoms with Crippen LogP contribution in [0.1, 0.15) is 57.0 Å². The van der Waals surface area contributed by atoms with E-state index in [9.17, 15) is 10.1 Å². The summed E-state index contributed by atoms with van der Waals surface area (Å²) in [4.78, 5) is 30.6. The van der Waals surface area contributed by atoms with Gasteiger partial charge in [0.15, 0.2) is 23.6 Å². The van der Waals surface area contributed by atoms with Crippen LogP contribution in [0.25, 0.3) is 11.2 Å². The number of methoxy groups -OCH3 is 2. The molecule has 0 radical (unpaired) electrons. The van der Waals surface area contributed by atoms with Crippen molar-refractivity contribution in [2.75, 3.05) is 41.5 Å². The average Bonchev–Trinajstić information content (AvgIpc) is 3.81. The van der Waals surface area contributed by atoms with Crippen molar-refractivity contribution in [2.24, 2.45) is 4.99 Å². The zero-order chi connectivity index (χ0) is 43.0. The highest BCUT2D eigenvalue weighted by Gasteiger charge is 2.51. The van der Waals surface area contributed by atoms with E-state index in [-0.39, 0.29) is 48.8 Å². The summed E-state index contributed by atoms with van der Waals surface area (Å²) in [6.07, 6.45) is -2.59. The Hall–Kier alpha value is -5.27. The number of ether oxygens (including phenoxy) is 4. The van der Waals surface area contributed by atoms with Gasteiger partial charge >= 0.3 is 0 Å². The van der Waals surface area contributed by atoms with Gasteiger partial charge in [0.25, 0.3) is 14.1 Å². The van der Waals surface area contributed by atoms with Gasteiger partial charge in [0.05, 0.1) is 52.6 Å². The molecule has 60 heavy (non-hydrogen) atoms. The van der Waals surface area contributed by atoms with Gasteiger partial charge < -0.3 is 32.9 Å². The lowest BCUT2D eigenvalue weighted by molar-refractivity contribution is -0.0919. The first-order chi connectivity index (χ1) is 28.9. The minimum atomic E-state index is -1.93. The molecule has 1 fully saturated rings. The van der Waals surface area contributed by atoms with Gasteiger partial charge in [-0.05, 0) is 68.7 Å². The molecule has 1 N–H and O–H groups in total. The van der Waals surface area contributed by atoms with E-state index in [0.29, 0.717) is 11.5 Å². The lowest BCUT2D eigenvalue weighted by Crippen LogP contribution is -2.41. The summed E-state index contributed by atoms with van der Waals surface area (Å²) < 4.78 is 58.9. The van der Waals surface area contributed by atoms with Gasteiger partial charge in [-0.2, -0.15) is 10.2 Å². The van der Waals surface area contributed by atoms with Gasteiger partial charge in [-0.1, -0.05) is 54.6 Å². The first kappa shape index (κ1) is 44.3. The molecule has 15 nitrogen and oxygen atoms in total. The second-order valence-electron chi connectivity index (χ2n) is 14.9. The van der Waals surface area contributed by atoms with Crippen molar-refractivity contribution in [2.45, 2.75) is 76.4 Å². The fourth-order valence-electron chi connectivity index (χ4n) is 7.19. The minimum Gasteiger partial charge on any atom is -0.497 e. The number of hydrogen-bond acceptors (Lipinski definition) is 12. The number of hydrogen-bond donors (Lipinski definition) is 1. The van der Waals surface area contributed by atoms with Crippen molar-refractivity contribution in [3.63, 3.8) is 0 Å². The Labute approximate surface area is 350 Å². The van der Waals surface area contributed by atoms with Crippen LogP contribution in [0.5, 0.6) is 11.5 Å². The molecule has 6 rings (SSSR count). The fraction of sp³-hybridized carbons (Fsp3) is 0.419. The Morgan fingerprint density at radius 1 is 0.983 bits per heavy atom. The van der Waals surface area contributed by atoms with Gasteiger partial charge in [-0.25, -0.2) is 19.0 Å². The molecule has 1 unspecified atom stereocenters. The van der Waals surface area contributed by atoms with Crippen LogP contribution in [0.3, 0.4) is 0 Å². The third-order valence-electron chi connectivity index (χ3n) is 9.88. The molecule has 1 aliphatic rings. The molecule has 2 aromatic heterocycles. The summed E-state index contributed by atoms with van der Waals surface area (Å²) in [7, 11) is 4.83. The number of nitriles is 1. The zero-order valence-corrected chi connectivity index (χ0v) is 36.0. The number of halogens is 1. The Kier molecular flexibility index (Phi) is 14.7. The predicted octanol–water partition coefficient (Wildman–Crippen LogP) is 7.26. The number of rotatable bonds is 19. The standard InChI is InChI=1S/C43H52FN8O7P/c1-28(2)52(29(3)4)60(57-24-12-23-45)59-38-35(58-41(36(38)44)51-27-46-37-39(51)48-42(49-40(37)53)47-26-50(5)6)25-56-43(30-13-10-9-11-14-30,31-15-19-33(54-7)20-16-31)32-17-21-34(55-8)22-18-32/h9-11,13-22,26-29,35-36,38,41H,12,24-25H2,1-8H3,(H,48,49,53)/t35-,36+,38+,41-,60?/m1/s1. The van der Waals surface area contributed by atoms with Crippen molar-refractivity contribution in [1.29, 1.82) is 5.26 Å². The summed E-state index contributed by atoms with van der Waals surface area (Å²) in [5.74, 6) is 1.33. The van der Waals surface area contributed by atoms with Crippen LogP contribution < -0.4 is 15.0 Å². The second-order valence-corrected chi connectivity index (χ2v) is 16.3. The number of aliphatic imine (C=N–C) groups is 1. The summed E-state index contributed by atoms with van der Waals surface area (Å²) >= 11 is 0. The smallest absolute Gasteiger partial charge is 0.280 e. The highest BCUT2D eigenvalue weighted by atomic mass is 31.2. The Bertz CT molecular complexity index is 2230. The quantitative estimate of drug-likeness (QED) is 0.0292. The summed E-state index contributed by atoms with van der Waals surface area (Å²) in [5.41, 5.74) is 0.595. The van der Waals surface area contributed by atoms with Crippen LogP contribution in [0.15, 0.2) is 95.0 Å². The number of fused-ring (bicyclic) bond motifs is 1. The maximum Gasteiger partial charge on any atom is 0.280 e. The third-order valence-corrected chi connectivity index (χ3v) is 12.0. The van der Waals surface area contributed by atoms with E-state index in [0.717, 1.165) is 16.7 Å². The molecule has 3 heterocycles. The van der Waals surface area contributed by atoms with E-state index in [1.165, 1.54) is 17.2 Å². The van der Waals surface area contributed by atoms with Crippen LogP contribution in [-0.2, 0) is 24.1 Å². The van der Waals surface area contributed by atoms with E-state index >= 15 is 4.39 Å². The summed E-state index contributed by atoms with van der Waals surface area (Å²) in [6.45, 7) is 7.91. The number of alkyl halides is 1. The largest absolute Gasteiger partial charge is 0.497 e. The van der Waals surface area contributed by atoms with Crippen LogP contribution in [0.4, 0.5) is 10.3 Å². The predicted molar refractivity (Wildman–Crippen MR) is 227 cm³/mol. The summed E-state index contributed by atoms with van der Waals surface area (Å²) in [6, 6.07) is 26.9. The maximum atomic E-state index is 17.6. The van der Waals surface area contributed by atoms with E-state index < -0.39 is 44.3 Å². The molecule has 3 aromatic carbocycles. The third kappa shape index (κ3) is 9.52. The normalized spacial score (nSPS) is 18.8. The van der Waals surface area contributed by atoms with Gasteiger partial charge in [-0.3, -0.25) is 14.3 Å². The average molecular weight is 843 g/mol. The minimum absolute atomic E-state index is 0.00888. The molecular formula is C43H52FN8O7P. The van der Waals surface area contributed by atoms with Crippen LogP contribution in [0.2, 0.25) is 0 Å². The lowest BCUT2D eigenvalue weighted by atomic mass is 9.80. The molecule has 0 spiro atoms. The SMILES string of the molecule is COc1ccc(C(OC[C@H]2O[C@@H](n3cnc4c(=O)[nH]c(N=CN(C)C)nc43)[C@@H](F)[C@H]2OP(OCCC#N)N(C(C)C)C(C)C)(c2ccccc2)c2ccc(OC)cc2)cc1. The van der Waals surface area contributed by atoms with Crippen molar-refractivity contribution in [3.05, 3.63) is 112 Å². The number of aromatic nitrogens is 4. The molecule has 318 valence electrons. The first-order valence-electron chi connectivity index (χ1n) is 19.6. The van der Waals surface area contributed by atoms with Gasteiger partial charge in [0.1, 0.15) is 29.3 Å². The number of aromatic amines is 1. The molecule has 5 aromatic rings.